The molecule has 18 heavy (non-hydrogen) atoms. The summed E-state index contributed by atoms with van der Waals surface area (Å²) in [6.45, 7) is 0. The van der Waals surface area contributed by atoms with Crippen molar-refractivity contribution in [2.75, 3.05) is 11.1 Å². The van der Waals surface area contributed by atoms with E-state index in [0.29, 0.717) is 10.4 Å². The van der Waals surface area contributed by atoms with Crippen molar-refractivity contribution in [1.82, 2.24) is 0 Å². The largest absolute Gasteiger partial charge is 0.444 e. The van der Waals surface area contributed by atoms with Crippen LogP contribution in [0.2, 0.25) is 10.0 Å². The molecule has 0 aliphatic heterocycles. The monoisotopic (exact) mass is 348 g/mol. The lowest BCUT2D eigenvalue weighted by Gasteiger charge is -2.07. The molecule has 0 fully saturated rings. The summed E-state index contributed by atoms with van der Waals surface area (Å²) in [7, 11) is 0. The van der Waals surface area contributed by atoms with E-state index in [-0.39, 0.29) is 21.5 Å². The molecule has 1 aromatic carbocycles. The third-order valence-electron chi connectivity index (χ3n) is 2.13. The number of nitrogens with one attached hydrogen (secondary N) is 1. The molecule has 0 unspecified atom stereocenters. The van der Waals surface area contributed by atoms with Gasteiger partial charge < -0.3 is 15.5 Å². The Hall–Kier alpha value is -1.17. The maximum Gasteiger partial charge on any atom is 0.291 e. The van der Waals surface area contributed by atoms with Crippen LogP contribution in [0, 0.1) is 0 Å². The first kappa shape index (κ1) is 13.3. The van der Waals surface area contributed by atoms with Crippen LogP contribution in [0.5, 0.6) is 0 Å². The van der Waals surface area contributed by atoms with Crippen LogP contribution in [0.1, 0.15) is 10.6 Å². The Labute approximate surface area is 121 Å². The summed E-state index contributed by atoms with van der Waals surface area (Å²) in [6.07, 6.45) is 0. The molecule has 1 heterocycles. The highest BCUT2D eigenvalue weighted by atomic mass is 79.9. The van der Waals surface area contributed by atoms with Gasteiger partial charge in [-0.3, -0.25) is 4.79 Å². The third kappa shape index (κ3) is 2.80. The SMILES string of the molecule is Nc1c(Cl)cc(NC(=O)c2ccc(Br)o2)cc1Cl. The Morgan fingerprint density at radius 3 is 2.39 bits per heavy atom. The Bertz CT molecular complexity index is 590. The predicted molar refractivity (Wildman–Crippen MR) is 75.2 cm³/mol. The molecule has 0 radical (unpaired) electrons. The van der Waals surface area contributed by atoms with Gasteiger partial charge in [0.25, 0.3) is 5.91 Å². The minimum Gasteiger partial charge on any atom is -0.444 e. The number of hydrogen-bond donors (Lipinski definition) is 2. The summed E-state index contributed by atoms with van der Waals surface area (Å²) in [5.74, 6) is -0.233. The molecule has 2 rings (SSSR count). The van der Waals surface area contributed by atoms with Gasteiger partial charge in [-0.05, 0) is 40.2 Å². The molecule has 1 aromatic heterocycles. The number of nitrogens with two attached hydrogens (primary N) is 1. The molecule has 94 valence electrons. The zero-order valence-corrected chi connectivity index (χ0v) is 11.9. The molecule has 0 saturated heterocycles. The fourth-order valence-electron chi connectivity index (χ4n) is 1.29. The van der Waals surface area contributed by atoms with Crippen LogP contribution in [0.25, 0.3) is 0 Å². The van der Waals surface area contributed by atoms with Gasteiger partial charge in [-0.1, -0.05) is 23.2 Å². The Morgan fingerprint density at radius 2 is 1.89 bits per heavy atom. The van der Waals surface area contributed by atoms with Crippen LogP contribution in [-0.2, 0) is 0 Å². The van der Waals surface area contributed by atoms with Gasteiger partial charge in [-0.25, -0.2) is 0 Å². The summed E-state index contributed by atoms with van der Waals surface area (Å²) < 4.78 is 5.59. The van der Waals surface area contributed by atoms with Gasteiger partial charge in [-0.2, -0.15) is 0 Å². The quantitative estimate of drug-likeness (QED) is 0.799. The number of halogens is 3. The predicted octanol–water partition coefficient (Wildman–Crippen LogP) is 4.18. The second kappa shape index (κ2) is 5.22. The Balaban J connectivity index is 2.22. The number of carbonyl (C=O) groups excluding carboxylic acids is 1. The molecule has 0 spiro atoms. The fraction of sp³-hybridized carbons (Fsp3) is 0. The first-order valence-electron chi connectivity index (χ1n) is 4.78. The van der Waals surface area contributed by atoms with Crippen molar-refractivity contribution >= 4 is 56.4 Å². The average molecular weight is 350 g/mol. The van der Waals surface area contributed by atoms with Crippen LogP contribution in [-0.4, -0.2) is 5.91 Å². The summed E-state index contributed by atoms with van der Waals surface area (Å²) in [4.78, 5) is 11.8. The molecule has 0 atom stereocenters. The van der Waals surface area contributed by atoms with Crippen LogP contribution >= 0.6 is 39.1 Å². The van der Waals surface area contributed by atoms with Crippen LogP contribution < -0.4 is 11.1 Å². The molecule has 2 aromatic rings. The second-order valence-electron chi connectivity index (χ2n) is 3.41. The molecular formula is C11H7BrCl2N2O2. The second-order valence-corrected chi connectivity index (χ2v) is 5.01. The van der Waals surface area contributed by atoms with Crippen LogP contribution in [0.3, 0.4) is 0 Å². The van der Waals surface area contributed by atoms with E-state index >= 15 is 0 Å². The number of hydrogen-bond acceptors (Lipinski definition) is 3. The lowest BCUT2D eigenvalue weighted by molar-refractivity contribution is 0.0995. The highest BCUT2D eigenvalue weighted by molar-refractivity contribution is 9.10. The lowest BCUT2D eigenvalue weighted by Crippen LogP contribution is -2.11. The molecule has 4 nitrogen and oxygen atoms in total. The number of rotatable bonds is 2. The lowest BCUT2D eigenvalue weighted by atomic mass is 10.2. The van der Waals surface area contributed by atoms with E-state index in [9.17, 15) is 4.79 Å². The van der Waals surface area contributed by atoms with E-state index in [1.54, 1.807) is 12.1 Å². The summed E-state index contributed by atoms with van der Waals surface area (Å²) >= 11 is 14.8. The first-order chi connectivity index (χ1) is 8.47. The van der Waals surface area contributed by atoms with Gasteiger partial charge in [0.2, 0.25) is 0 Å². The summed E-state index contributed by atoms with van der Waals surface area (Å²) in [5.41, 5.74) is 6.31. The van der Waals surface area contributed by atoms with E-state index in [1.165, 1.54) is 12.1 Å². The van der Waals surface area contributed by atoms with Crippen molar-refractivity contribution in [3.05, 3.63) is 44.7 Å². The highest BCUT2D eigenvalue weighted by Crippen LogP contribution is 2.31. The minimum atomic E-state index is -0.405. The van der Waals surface area contributed by atoms with E-state index in [0.717, 1.165) is 0 Å². The molecule has 0 saturated carbocycles. The van der Waals surface area contributed by atoms with Gasteiger partial charge in [0, 0.05) is 5.69 Å². The normalized spacial score (nSPS) is 10.4. The third-order valence-corrected chi connectivity index (χ3v) is 3.19. The number of benzene rings is 1. The van der Waals surface area contributed by atoms with Gasteiger partial charge in [0.05, 0.1) is 15.7 Å². The van der Waals surface area contributed by atoms with E-state index in [1.807, 2.05) is 0 Å². The van der Waals surface area contributed by atoms with E-state index in [4.69, 9.17) is 33.4 Å². The molecule has 7 heteroatoms. The molecule has 0 aliphatic rings. The molecule has 0 aliphatic carbocycles. The number of nitrogen functional groups attached to an aromatic ring is 1. The number of anilines is 2. The molecule has 1 amide bonds. The maximum atomic E-state index is 11.8. The number of furan rings is 1. The highest BCUT2D eigenvalue weighted by Gasteiger charge is 2.12. The van der Waals surface area contributed by atoms with Crippen molar-refractivity contribution in [3.63, 3.8) is 0 Å². The van der Waals surface area contributed by atoms with Crippen molar-refractivity contribution in [3.8, 4) is 0 Å². The summed E-state index contributed by atoms with van der Waals surface area (Å²) in [5, 5.41) is 3.16. The van der Waals surface area contributed by atoms with E-state index < -0.39 is 5.91 Å². The zero-order valence-electron chi connectivity index (χ0n) is 8.84. The first-order valence-corrected chi connectivity index (χ1v) is 6.33. The average Bonchev–Trinajstić information content (AvgIpc) is 2.72. The van der Waals surface area contributed by atoms with Crippen LogP contribution in [0.4, 0.5) is 11.4 Å². The standard InChI is InChI=1S/C11H7BrCl2N2O2/c12-9-2-1-8(18-9)11(17)16-5-3-6(13)10(15)7(14)4-5/h1-4H,15H2,(H,16,17). The molecule has 3 N–H and O–H groups in total. The molecule has 0 bridgehead atoms. The van der Waals surface area contributed by atoms with E-state index in [2.05, 4.69) is 21.2 Å². The van der Waals surface area contributed by atoms with Gasteiger partial charge in [-0.15, -0.1) is 0 Å². The van der Waals surface area contributed by atoms with Crippen molar-refractivity contribution in [2.24, 2.45) is 0 Å². The van der Waals surface area contributed by atoms with Crippen LogP contribution in [0.15, 0.2) is 33.4 Å². The molecular weight excluding hydrogens is 343 g/mol. The van der Waals surface area contributed by atoms with Gasteiger partial charge >= 0.3 is 0 Å². The minimum absolute atomic E-state index is 0.172. The smallest absolute Gasteiger partial charge is 0.291 e. The zero-order chi connectivity index (χ0) is 13.3. The van der Waals surface area contributed by atoms with Crippen molar-refractivity contribution in [2.45, 2.75) is 0 Å². The Kier molecular flexibility index (Phi) is 3.85. The topological polar surface area (TPSA) is 68.3 Å². The fourth-order valence-corrected chi connectivity index (χ4v) is 2.08. The summed E-state index contributed by atoms with van der Waals surface area (Å²) in [6, 6.07) is 6.19. The maximum absolute atomic E-state index is 11.8. The number of carbonyl (C=O) groups is 1. The van der Waals surface area contributed by atoms with Gasteiger partial charge in [0.15, 0.2) is 10.4 Å². The van der Waals surface area contributed by atoms with Crippen molar-refractivity contribution < 1.29 is 9.21 Å². The van der Waals surface area contributed by atoms with Crippen molar-refractivity contribution in [1.29, 1.82) is 0 Å². The number of amides is 1. The van der Waals surface area contributed by atoms with Gasteiger partial charge in [0.1, 0.15) is 0 Å². The Morgan fingerprint density at radius 1 is 1.28 bits per heavy atom.